The molecular weight excluding hydrogens is 194 g/mol. The van der Waals surface area contributed by atoms with Gasteiger partial charge in [-0.3, -0.25) is 0 Å². The molecule has 2 atom stereocenters. The van der Waals surface area contributed by atoms with Crippen LogP contribution in [0.4, 0.5) is 8.78 Å². The minimum absolute atomic E-state index is 0.160. The number of aliphatic hydroxyl groups is 2. The number of halogens is 2. The molecule has 2 unspecified atom stereocenters. The molecule has 0 amide bonds. The Kier molecular flexibility index (Phi) is 2.02. The highest BCUT2D eigenvalue weighted by Crippen LogP contribution is 2.42. The molecule has 0 fully saturated rings. The minimum atomic E-state index is -2.95. The third kappa shape index (κ3) is 1.22. The molecule has 0 bridgehead atoms. The maximum absolute atomic E-state index is 13.2. The number of rotatable bonds is 0. The summed E-state index contributed by atoms with van der Waals surface area (Å²) in [7, 11) is 1.46. The minimum Gasteiger partial charge on any atom is -0.374 e. The van der Waals surface area contributed by atoms with Gasteiger partial charge in [-0.1, -0.05) is 0 Å². The zero-order valence-corrected chi connectivity index (χ0v) is 7.67. The molecule has 0 aromatic rings. The van der Waals surface area contributed by atoms with E-state index in [4.69, 9.17) is 0 Å². The average Bonchev–Trinajstić information content (AvgIpc) is 2.39. The Hall–Kier alpha value is -0.720. The molecule has 2 aliphatic rings. The van der Waals surface area contributed by atoms with E-state index < -0.39 is 18.5 Å². The van der Waals surface area contributed by atoms with Gasteiger partial charge in [-0.25, -0.2) is 4.90 Å². The molecule has 0 saturated heterocycles. The first-order chi connectivity index (χ1) is 6.43. The van der Waals surface area contributed by atoms with E-state index >= 15 is 0 Å². The Morgan fingerprint density at radius 3 is 2.79 bits per heavy atom. The van der Waals surface area contributed by atoms with Gasteiger partial charge in [0.25, 0.3) is 5.92 Å². The van der Waals surface area contributed by atoms with E-state index in [1.807, 2.05) is 0 Å². The number of allylic oxidation sites excluding steroid dienone is 1. The van der Waals surface area contributed by atoms with Crippen molar-refractivity contribution in [2.24, 2.45) is 0 Å². The summed E-state index contributed by atoms with van der Waals surface area (Å²) in [6.45, 7) is 0. The van der Waals surface area contributed by atoms with Gasteiger partial charge in [0.15, 0.2) is 6.35 Å². The Balaban J connectivity index is 2.36. The van der Waals surface area contributed by atoms with Crippen molar-refractivity contribution < 1.29 is 19.0 Å². The molecule has 0 aromatic heterocycles. The smallest absolute Gasteiger partial charge is 0.287 e. The maximum atomic E-state index is 13.2. The van der Waals surface area contributed by atoms with Crippen molar-refractivity contribution in [3.8, 4) is 0 Å². The van der Waals surface area contributed by atoms with Crippen LogP contribution in [-0.4, -0.2) is 40.7 Å². The largest absolute Gasteiger partial charge is 0.374 e. The first-order valence-electron chi connectivity index (χ1n) is 4.39. The van der Waals surface area contributed by atoms with Crippen molar-refractivity contribution >= 4 is 0 Å². The number of aliphatic hydroxyl groups excluding tert-OH is 2. The van der Waals surface area contributed by atoms with Gasteiger partial charge in [0.1, 0.15) is 6.23 Å². The quantitative estimate of drug-likeness (QED) is 0.513. The zero-order chi connectivity index (χ0) is 10.5. The topological polar surface area (TPSA) is 55.7 Å². The van der Waals surface area contributed by atoms with Gasteiger partial charge in [-0.15, -0.1) is 0 Å². The predicted octanol–water partition coefficient (Wildman–Crippen LogP) is -0.201. The third-order valence-electron chi connectivity index (χ3n) is 2.75. The van der Waals surface area contributed by atoms with Crippen molar-refractivity contribution in [1.29, 1.82) is 0 Å². The molecular formula is C8H12F2N2O2. The highest BCUT2D eigenvalue weighted by Gasteiger charge is 2.48. The van der Waals surface area contributed by atoms with Crippen LogP contribution in [0.5, 0.6) is 0 Å². The van der Waals surface area contributed by atoms with Gasteiger partial charge in [0, 0.05) is 6.42 Å². The van der Waals surface area contributed by atoms with Crippen LogP contribution < -0.4 is 5.32 Å². The van der Waals surface area contributed by atoms with E-state index in [2.05, 4.69) is 5.32 Å². The van der Waals surface area contributed by atoms with E-state index in [1.54, 1.807) is 0 Å². The first kappa shape index (κ1) is 9.82. The van der Waals surface area contributed by atoms with Crippen LogP contribution in [0.1, 0.15) is 12.8 Å². The number of nitrogens with zero attached hydrogens (tertiary/aromatic N) is 1. The standard InChI is InChI=1S/C8H12F2N2O2/c1-12-6(13)4-2-3-8(9,10)5(4)11-7(12)14/h6-7,11,13-14H,2-3H2,1H3. The van der Waals surface area contributed by atoms with E-state index in [-0.39, 0.29) is 24.1 Å². The summed E-state index contributed by atoms with van der Waals surface area (Å²) in [5.74, 6) is -2.95. The molecule has 2 rings (SSSR count). The lowest BCUT2D eigenvalue weighted by Crippen LogP contribution is -2.54. The molecule has 14 heavy (non-hydrogen) atoms. The lowest BCUT2D eigenvalue weighted by atomic mass is 10.1. The number of hydrogen-bond acceptors (Lipinski definition) is 4. The summed E-state index contributed by atoms with van der Waals surface area (Å²) < 4.78 is 26.4. The van der Waals surface area contributed by atoms with E-state index in [0.717, 1.165) is 0 Å². The van der Waals surface area contributed by atoms with Crippen molar-refractivity contribution in [2.75, 3.05) is 7.05 Å². The van der Waals surface area contributed by atoms with Gasteiger partial charge in [0.05, 0.1) is 5.70 Å². The second-order valence-electron chi connectivity index (χ2n) is 3.66. The fourth-order valence-electron chi connectivity index (χ4n) is 1.84. The molecule has 0 saturated carbocycles. The highest BCUT2D eigenvalue weighted by molar-refractivity contribution is 5.30. The molecule has 0 radical (unpaired) electrons. The lowest BCUT2D eigenvalue weighted by molar-refractivity contribution is -0.0990. The molecule has 6 heteroatoms. The van der Waals surface area contributed by atoms with Gasteiger partial charge in [-0.05, 0) is 19.0 Å². The Labute approximate surface area is 79.8 Å². The van der Waals surface area contributed by atoms with Gasteiger partial charge >= 0.3 is 0 Å². The number of hydrogen-bond donors (Lipinski definition) is 3. The first-order valence-corrected chi connectivity index (χ1v) is 4.39. The van der Waals surface area contributed by atoms with Crippen molar-refractivity contribution in [3.05, 3.63) is 11.3 Å². The second kappa shape index (κ2) is 2.88. The number of likely N-dealkylation sites (N-methyl/N-ethyl adjacent to an activating group) is 1. The van der Waals surface area contributed by atoms with E-state index in [1.165, 1.54) is 11.9 Å². The van der Waals surface area contributed by atoms with Crippen molar-refractivity contribution in [3.63, 3.8) is 0 Å². The molecule has 1 aliphatic heterocycles. The molecule has 80 valence electrons. The van der Waals surface area contributed by atoms with Crippen LogP contribution in [0.25, 0.3) is 0 Å². The average molecular weight is 206 g/mol. The van der Waals surface area contributed by atoms with Crippen LogP contribution in [-0.2, 0) is 0 Å². The van der Waals surface area contributed by atoms with Crippen LogP contribution >= 0.6 is 0 Å². The van der Waals surface area contributed by atoms with Crippen LogP contribution in [0.2, 0.25) is 0 Å². The predicted molar refractivity (Wildman–Crippen MR) is 44.1 cm³/mol. The van der Waals surface area contributed by atoms with Crippen molar-refractivity contribution in [1.82, 2.24) is 10.2 Å². The second-order valence-corrected chi connectivity index (χ2v) is 3.66. The van der Waals surface area contributed by atoms with Gasteiger partial charge < -0.3 is 15.5 Å². The van der Waals surface area contributed by atoms with Crippen LogP contribution in [0.3, 0.4) is 0 Å². The Morgan fingerprint density at radius 2 is 2.14 bits per heavy atom. The third-order valence-corrected chi connectivity index (χ3v) is 2.75. The summed E-state index contributed by atoms with van der Waals surface area (Å²) in [4.78, 5) is 1.19. The highest BCUT2D eigenvalue weighted by atomic mass is 19.3. The summed E-state index contributed by atoms with van der Waals surface area (Å²) in [5.41, 5.74) is -0.0293. The lowest BCUT2D eigenvalue weighted by Gasteiger charge is -2.36. The fraction of sp³-hybridized carbons (Fsp3) is 0.750. The number of nitrogens with one attached hydrogen (secondary N) is 1. The van der Waals surface area contributed by atoms with Crippen molar-refractivity contribution in [2.45, 2.75) is 31.3 Å². The van der Waals surface area contributed by atoms with Gasteiger partial charge in [-0.2, -0.15) is 8.78 Å². The molecule has 1 heterocycles. The Bertz CT molecular complexity index is 293. The number of alkyl halides is 2. The zero-order valence-electron chi connectivity index (χ0n) is 7.67. The molecule has 0 aromatic carbocycles. The van der Waals surface area contributed by atoms with Gasteiger partial charge in [0.2, 0.25) is 0 Å². The molecule has 4 nitrogen and oxygen atoms in total. The maximum Gasteiger partial charge on any atom is 0.287 e. The summed E-state index contributed by atoms with van der Waals surface area (Å²) in [6, 6.07) is 0. The van der Waals surface area contributed by atoms with E-state index in [9.17, 15) is 19.0 Å². The van der Waals surface area contributed by atoms with E-state index in [0.29, 0.717) is 0 Å². The molecule has 3 N–H and O–H groups in total. The van der Waals surface area contributed by atoms with Crippen LogP contribution in [0.15, 0.2) is 11.3 Å². The summed E-state index contributed by atoms with van der Waals surface area (Å²) in [5, 5.41) is 21.2. The SMILES string of the molecule is CN1C(O)NC2=C(CCC2(F)F)C1O. The monoisotopic (exact) mass is 206 g/mol. The molecule has 0 spiro atoms. The van der Waals surface area contributed by atoms with Crippen LogP contribution in [0, 0.1) is 0 Å². The normalized spacial score (nSPS) is 36.9. The fourth-order valence-corrected chi connectivity index (χ4v) is 1.84. The summed E-state index contributed by atoms with van der Waals surface area (Å²) in [6.07, 6.45) is -2.52. The summed E-state index contributed by atoms with van der Waals surface area (Å²) >= 11 is 0. The molecule has 1 aliphatic carbocycles. The Morgan fingerprint density at radius 1 is 1.50 bits per heavy atom.